The Morgan fingerprint density at radius 1 is 0.763 bits per heavy atom. The van der Waals surface area contributed by atoms with Gasteiger partial charge in [-0.15, -0.1) is 0 Å². The molecule has 2 saturated heterocycles. The van der Waals surface area contributed by atoms with Gasteiger partial charge in [-0.3, -0.25) is 0 Å². The van der Waals surface area contributed by atoms with Gasteiger partial charge < -0.3 is 27.1 Å². The van der Waals surface area contributed by atoms with Gasteiger partial charge in [-0.25, -0.2) is 0 Å². The van der Waals surface area contributed by atoms with Crippen LogP contribution in [0.15, 0.2) is 36.4 Å². The summed E-state index contributed by atoms with van der Waals surface area (Å²) in [6.45, 7) is 19.5. The summed E-state index contributed by atoms with van der Waals surface area (Å²) in [7, 11) is -2.96. The van der Waals surface area contributed by atoms with E-state index < -0.39 is 17.2 Å². The van der Waals surface area contributed by atoms with E-state index in [-0.39, 0.29) is 10.8 Å². The number of aryl methyl sites for hydroxylation is 1. The third kappa shape index (κ3) is 7.90. The lowest BCUT2D eigenvalue weighted by molar-refractivity contribution is -0.0673. The molecule has 2 heterocycles. The molecular formula is C30H44O6P2. The van der Waals surface area contributed by atoms with Crippen LogP contribution in [0.25, 0.3) is 0 Å². The molecule has 0 aromatic heterocycles. The van der Waals surface area contributed by atoms with Gasteiger partial charge in [-0.2, -0.15) is 0 Å². The Hall–Kier alpha value is -1.26. The molecule has 6 nitrogen and oxygen atoms in total. The summed E-state index contributed by atoms with van der Waals surface area (Å²) in [4.78, 5) is 0. The first-order chi connectivity index (χ1) is 17.9. The third-order valence-corrected chi connectivity index (χ3v) is 8.64. The van der Waals surface area contributed by atoms with E-state index in [9.17, 15) is 0 Å². The maximum absolute atomic E-state index is 6.28. The summed E-state index contributed by atoms with van der Waals surface area (Å²) in [6, 6.07) is 12.7. The third-order valence-electron chi connectivity index (χ3n) is 6.59. The zero-order valence-corrected chi connectivity index (χ0v) is 26.0. The van der Waals surface area contributed by atoms with E-state index in [1.165, 1.54) is 22.3 Å². The van der Waals surface area contributed by atoms with Gasteiger partial charge in [0.15, 0.2) is 0 Å². The topological polar surface area (TPSA) is 55.4 Å². The molecule has 4 rings (SSSR count). The molecular weight excluding hydrogens is 518 g/mol. The quantitative estimate of drug-likeness (QED) is 0.300. The van der Waals surface area contributed by atoms with Gasteiger partial charge in [0, 0.05) is 5.56 Å². The highest BCUT2D eigenvalue weighted by atomic mass is 31.2. The average Bonchev–Trinajstić information content (AvgIpc) is 2.83. The smallest absolute Gasteiger partial charge is 0.397 e. The molecule has 210 valence electrons. The summed E-state index contributed by atoms with van der Waals surface area (Å²) >= 11 is 0. The van der Waals surface area contributed by atoms with Gasteiger partial charge in [-0.05, 0) is 60.3 Å². The Bertz CT molecular complexity index is 1060. The number of rotatable bonds is 8. The first kappa shape index (κ1) is 29.7. The Morgan fingerprint density at radius 3 is 1.82 bits per heavy atom. The lowest BCUT2D eigenvalue weighted by atomic mass is 9.84. The lowest BCUT2D eigenvalue weighted by Crippen LogP contribution is -2.45. The molecule has 0 amide bonds. The average molecular weight is 563 g/mol. The van der Waals surface area contributed by atoms with Crippen molar-refractivity contribution < 1.29 is 27.1 Å². The van der Waals surface area contributed by atoms with Crippen molar-refractivity contribution >= 4 is 17.2 Å². The van der Waals surface area contributed by atoms with E-state index in [0.717, 1.165) is 24.3 Å². The number of benzene rings is 2. The number of hydrogen-bond donors (Lipinski definition) is 0. The summed E-state index contributed by atoms with van der Waals surface area (Å²) in [6.07, 6.45) is 2.00. The molecule has 0 atom stereocenters. The van der Waals surface area contributed by atoms with Crippen LogP contribution < -0.4 is 9.05 Å². The summed E-state index contributed by atoms with van der Waals surface area (Å²) < 4.78 is 36.7. The molecule has 2 aromatic rings. The Morgan fingerprint density at radius 2 is 1.29 bits per heavy atom. The Balaban J connectivity index is 1.32. The van der Waals surface area contributed by atoms with E-state index in [1.54, 1.807) is 0 Å². The molecule has 1 spiro atoms. The summed E-state index contributed by atoms with van der Waals surface area (Å²) in [5.41, 5.74) is 4.50. The molecule has 2 aliphatic rings. The monoisotopic (exact) mass is 562 g/mol. The second-order valence-corrected chi connectivity index (χ2v) is 14.9. The molecule has 2 aliphatic heterocycles. The minimum atomic E-state index is -1.49. The molecule has 2 aromatic carbocycles. The van der Waals surface area contributed by atoms with Crippen molar-refractivity contribution in [2.24, 2.45) is 17.3 Å². The molecule has 8 heteroatoms. The van der Waals surface area contributed by atoms with Crippen molar-refractivity contribution in [3.63, 3.8) is 0 Å². The van der Waals surface area contributed by atoms with Gasteiger partial charge in [0.2, 0.25) is 0 Å². The SMILES string of the molecule is Cc1ccc(OP2OCC3(CO2)COP(Oc2ccc(CC(C)C)cc2C(C)(C)C)OC3)c(CC(C)C)c1. The van der Waals surface area contributed by atoms with Gasteiger partial charge in [-0.1, -0.05) is 78.3 Å². The molecule has 0 N–H and O–H groups in total. The van der Waals surface area contributed by atoms with Gasteiger partial charge in [0.05, 0.1) is 31.8 Å². The molecule has 0 saturated carbocycles. The molecule has 2 fully saturated rings. The lowest BCUT2D eigenvalue weighted by Gasteiger charge is -2.41. The fraction of sp³-hybridized carbons (Fsp3) is 0.600. The minimum absolute atomic E-state index is 0.0522. The minimum Gasteiger partial charge on any atom is -0.426 e. The van der Waals surface area contributed by atoms with Gasteiger partial charge >= 0.3 is 17.2 Å². The van der Waals surface area contributed by atoms with Crippen LogP contribution in [0.3, 0.4) is 0 Å². The van der Waals surface area contributed by atoms with Crippen molar-refractivity contribution in [1.82, 2.24) is 0 Å². The van der Waals surface area contributed by atoms with Crippen LogP contribution in [0.2, 0.25) is 0 Å². The van der Waals surface area contributed by atoms with Crippen molar-refractivity contribution in [2.45, 2.75) is 73.6 Å². The van der Waals surface area contributed by atoms with Crippen LogP contribution in [-0.2, 0) is 36.4 Å². The fourth-order valence-electron chi connectivity index (χ4n) is 4.59. The Labute approximate surface area is 231 Å². The normalized spacial score (nSPS) is 24.3. The van der Waals surface area contributed by atoms with Crippen LogP contribution in [0.4, 0.5) is 0 Å². The predicted molar refractivity (Wildman–Crippen MR) is 155 cm³/mol. The molecule has 0 radical (unpaired) electrons. The largest absolute Gasteiger partial charge is 0.426 e. The summed E-state index contributed by atoms with van der Waals surface area (Å²) in [5, 5.41) is 0. The van der Waals surface area contributed by atoms with Crippen LogP contribution >= 0.6 is 17.2 Å². The van der Waals surface area contributed by atoms with Crippen molar-refractivity contribution in [3.8, 4) is 11.5 Å². The fourth-order valence-corrected chi connectivity index (χ4v) is 7.12. The van der Waals surface area contributed by atoms with E-state index in [4.69, 9.17) is 27.1 Å². The van der Waals surface area contributed by atoms with Crippen molar-refractivity contribution in [1.29, 1.82) is 0 Å². The highest BCUT2D eigenvalue weighted by Gasteiger charge is 2.45. The summed E-state index contributed by atoms with van der Waals surface area (Å²) in [5.74, 6) is 2.81. The zero-order chi connectivity index (χ0) is 27.5. The van der Waals surface area contributed by atoms with Crippen LogP contribution in [-0.4, -0.2) is 26.4 Å². The highest BCUT2D eigenvalue weighted by molar-refractivity contribution is 7.42. The van der Waals surface area contributed by atoms with Gasteiger partial charge in [0.25, 0.3) is 0 Å². The second-order valence-electron chi connectivity index (χ2n) is 12.6. The molecule has 0 unspecified atom stereocenters. The van der Waals surface area contributed by atoms with Crippen LogP contribution in [0.5, 0.6) is 11.5 Å². The van der Waals surface area contributed by atoms with E-state index in [1.807, 2.05) is 6.07 Å². The first-order valence-corrected chi connectivity index (χ1v) is 15.8. The maximum Gasteiger partial charge on any atom is 0.397 e. The zero-order valence-electron chi connectivity index (χ0n) is 24.2. The Kier molecular flexibility index (Phi) is 9.78. The van der Waals surface area contributed by atoms with Gasteiger partial charge in [0.1, 0.15) is 11.5 Å². The maximum atomic E-state index is 6.28. The molecule has 38 heavy (non-hydrogen) atoms. The number of hydrogen-bond acceptors (Lipinski definition) is 6. The van der Waals surface area contributed by atoms with Crippen LogP contribution in [0.1, 0.15) is 70.7 Å². The molecule has 0 bridgehead atoms. The van der Waals surface area contributed by atoms with Crippen molar-refractivity contribution in [2.75, 3.05) is 26.4 Å². The van der Waals surface area contributed by atoms with E-state index in [2.05, 4.69) is 85.7 Å². The highest BCUT2D eigenvalue weighted by Crippen LogP contribution is 2.54. The molecule has 0 aliphatic carbocycles. The van der Waals surface area contributed by atoms with Crippen LogP contribution in [0, 0.1) is 24.2 Å². The predicted octanol–water partition coefficient (Wildman–Crippen LogP) is 8.68. The standard InChI is InChI=1S/C30H44O6P2/c1-21(2)13-24-10-12-28(26(16-24)29(6,7)8)36-38-33-19-30(20-34-38)17-31-37(32-18-30)35-27-11-9-23(5)15-25(27)14-22(3)4/h9-12,15-16,21-22H,13-14,17-20H2,1-8H3. The van der Waals surface area contributed by atoms with Crippen molar-refractivity contribution in [3.05, 3.63) is 58.7 Å². The van der Waals surface area contributed by atoms with E-state index >= 15 is 0 Å². The van der Waals surface area contributed by atoms with E-state index in [0.29, 0.717) is 38.3 Å². The second kappa shape index (κ2) is 12.5. The first-order valence-electron chi connectivity index (χ1n) is 13.6.